The Labute approximate surface area is 194 Å². The number of amides is 1. The van der Waals surface area contributed by atoms with Gasteiger partial charge in [-0.25, -0.2) is 16.8 Å². The summed E-state index contributed by atoms with van der Waals surface area (Å²) in [7, 11) is -7.31. The van der Waals surface area contributed by atoms with Crippen LogP contribution >= 0.6 is 0 Å². The highest BCUT2D eigenvalue weighted by atomic mass is 32.2. The molecule has 0 spiro atoms. The molecule has 33 heavy (non-hydrogen) atoms. The van der Waals surface area contributed by atoms with E-state index >= 15 is 0 Å². The summed E-state index contributed by atoms with van der Waals surface area (Å²) >= 11 is 0. The fraction of sp³-hybridized carbons (Fsp3) is 0.261. The third-order valence-corrected chi connectivity index (χ3v) is 8.82. The van der Waals surface area contributed by atoms with Crippen LogP contribution in [0.15, 0.2) is 74.9 Å². The van der Waals surface area contributed by atoms with Gasteiger partial charge in [-0.2, -0.15) is 4.31 Å². The first-order valence-corrected chi connectivity index (χ1v) is 13.5. The molecule has 176 valence electrons. The Bertz CT molecular complexity index is 1340. The number of rotatable bonds is 9. The van der Waals surface area contributed by atoms with E-state index in [1.807, 2.05) is 0 Å². The van der Waals surface area contributed by atoms with Gasteiger partial charge in [-0.15, -0.1) is 0 Å². The largest absolute Gasteiger partial charge is 0.455 e. The third-order valence-electron chi connectivity index (χ3n) is 5.12. The summed E-state index contributed by atoms with van der Waals surface area (Å²) < 4.78 is 57.5. The molecule has 0 fully saturated rings. The molecule has 0 saturated carbocycles. The van der Waals surface area contributed by atoms with Gasteiger partial charge in [0.1, 0.15) is 11.5 Å². The summed E-state index contributed by atoms with van der Waals surface area (Å²) in [6, 6.07) is 15.3. The van der Waals surface area contributed by atoms with Gasteiger partial charge in [-0.05, 0) is 48.9 Å². The third kappa shape index (κ3) is 5.52. The second-order valence-corrected chi connectivity index (χ2v) is 11.3. The van der Waals surface area contributed by atoms with Gasteiger partial charge < -0.3 is 9.73 Å². The minimum atomic E-state index is -3.69. The molecule has 1 heterocycles. The van der Waals surface area contributed by atoms with E-state index in [4.69, 9.17) is 4.42 Å². The first kappa shape index (κ1) is 24.7. The monoisotopic (exact) mass is 490 g/mol. The van der Waals surface area contributed by atoms with Crippen LogP contribution in [0.2, 0.25) is 0 Å². The number of hydrogen-bond acceptors (Lipinski definition) is 6. The van der Waals surface area contributed by atoms with Crippen LogP contribution in [0, 0.1) is 6.92 Å². The molecule has 10 heteroatoms. The van der Waals surface area contributed by atoms with Crippen molar-refractivity contribution in [3.63, 3.8) is 0 Å². The fourth-order valence-corrected chi connectivity index (χ4v) is 6.02. The van der Waals surface area contributed by atoms with E-state index in [2.05, 4.69) is 5.32 Å². The highest BCUT2D eigenvalue weighted by molar-refractivity contribution is 7.90. The lowest BCUT2D eigenvalue weighted by molar-refractivity contribution is 0.0995. The molecule has 0 aliphatic heterocycles. The number of nitrogens with one attached hydrogen (secondary N) is 1. The van der Waals surface area contributed by atoms with Crippen molar-refractivity contribution in [2.24, 2.45) is 0 Å². The number of carbonyl (C=O) groups is 1. The predicted octanol–water partition coefficient (Wildman–Crippen LogP) is 3.84. The van der Waals surface area contributed by atoms with E-state index in [1.54, 1.807) is 45.0 Å². The number of sulfone groups is 1. The maximum atomic E-state index is 12.8. The van der Waals surface area contributed by atoms with Gasteiger partial charge in [0.2, 0.25) is 10.0 Å². The number of aryl methyl sites for hydroxylation is 1. The number of benzene rings is 2. The zero-order chi connectivity index (χ0) is 24.2. The van der Waals surface area contributed by atoms with Crippen LogP contribution < -0.4 is 5.32 Å². The first-order valence-electron chi connectivity index (χ1n) is 10.4. The normalized spacial score (nSPS) is 12.1. The molecule has 3 rings (SSSR count). The van der Waals surface area contributed by atoms with Crippen molar-refractivity contribution in [1.82, 2.24) is 4.31 Å². The van der Waals surface area contributed by atoms with Crippen LogP contribution in [0.5, 0.6) is 0 Å². The molecule has 0 bridgehead atoms. The summed E-state index contributed by atoms with van der Waals surface area (Å²) in [6.45, 7) is 5.91. The van der Waals surface area contributed by atoms with E-state index in [-0.39, 0.29) is 27.1 Å². The topological polar surface area (TPSA) is 114 Å². The zero-order valence-corrected chi connectivity index (χ0v) is 20.2. The second kappa shape index (κ2) is 9.90. The Hall–Kier alpha value is -2.95. The van der Waals surface area contributed by atoms with Crippen LogP contribution in [-0.4, -0.2) is 40.1 Å². The second-order valence-electron chi connectivity index (χ2n) is 7.36. The lowest BCUT2D eigenvalue weighted by Crippen LogP contribution is -2.30. The summed E-state index contributed by atoms with van der Waals surface area (Å²) in [5.74, 6) is -0.955. The van der Waals surface area contributed by atoms with E-state index < -0.39 is 25.8 Å². The van der Waals surface area contributed by atoms with Gasteiger partial charge in [0.15, 0.2) is 15.6 Å². The van der Waals surface area contributed by atoms with Crippen LogP contribution in [0.3, 0.4) is 0 Å². The molecule has 2 aromatic carbocycles. The molecule has 0 saturated heterocycles. The molecular formula is C23H26N2O6S2. The molecule has 8 nitrogen and oxygen atoms in total. The minimum absolute atomic E-state index is 0.0705. The summed E-state index contributed by atoms with van der Waals surface area (Å²) in [5, 5.41) is 2.66. The molecule has 3 aromatic rings. The summed E-state index contributed by atoms with van der Waals surface area (Å²) in [4.78, 5) is 12.9. The maximum absolute atomic E-state index is 12.8. The lowest BCUT2D eigenvalue weighted by atomic mass is 10.2. The van der Waals surface area contributed by atoms with Crippen LogP contribution in [0.25, 0.3) is 0 Å². The van der Waals surface area contributed by atoms with Crippen molar-refractivity contribution in [2.45, 2.75) is 36.3 Å². The number of nitrogens with zero attached hydrogens (tertiary/aromatic N) is 1. The zero-order valence-electron chi connectivity index (χ0n) is 18.6. The molecule has 0 aliphatic carbocycles. The number of sulfonamides is 1. The lowest BCUT2D eigenvalue weighted by Gasteiger charge is -2.19. The first-order chi connectivity index (χ1) is 15.6. The standard InChI is InChI=1S/C23H26N2O6S2/c1-4-25(5-2)33(29,30)20-13-11-17(3)21(15-20)24-23(26)22-14-12-18(31-22)16-32(27,28)19-9-7-6-8-10-19/h6-15H,4-5,16H2,1-3H3,(H,24,26). The Morgan fingerprint density at radius 1 is 0.909 bits per heavy atom. The highest BCUT2D eigenvalue weighted by Crippen LogP contribution is 2.24. The van der Waals surface area contributed by atoms with E-state index in [0.29, 0.717) is 24.3 Å². The summed E-state index contributed by atoms with van der Waals surface area (Å²) in [5.41, 5.74) is 0.989. The van der Waals surface area contributed by atoms with Crippen LogP contribution in [-0.2, 0) is 25.6 Å². The Kier molecular flexibility index (Phi) is 7.41. The van der Waals surface area contributed by atoms with Gasteiger partial charge in [-0.1, -0.05) is 38.1 Å². The average Bonchev–Trinajstić information content (AvgIpc) is 3.24. The van der Waals surface area contributed by atoms with Gasteiger partial charge >= 0.3 is 0 Å². The Balaban J connectivity index is 1.80. The van der Waals surface area contributed by atoms with Crippen molar-refractivity contribution in [3.05, 3.63) is 77.7 Å². The molecule has 0 radical (unpaired) electrons. The van der Waals surface area contributed by atoms with E-state index in [0.717, 1.165) is 0 Å². The van der Waals surface area contributed by atoms with Crippen LogP contribution in [0.4, 0.5) is 5.69 Å². The quantitative estimate of drug-likeness (QED) is 0.487. The molecular weight excluding hydrogens is 464 g/mol. The average molecular weight is 491 g/mol. The number of carbonyl (C=O) groups excluding carboxylic acids is 1. The number of furan rings is 1. The Morgan fingerprint density at radius 3 is 2.21 bits per heavy atom. The Morgan fingerprint density at radius 2 is 1.58 bits per heavy atom. The van der Waals surface area contributed by atoms with Crippen LogP contribution in [0.1, 0.15) is 35.7 Å². The van der Waals surface area contributed by atoms with Crippen molar-refractivity contribution in [3.8, 4) is 0 Å². The highest BCUT2D eigenvalue weighted by Gasteiger charge is 2.23. The van der Waals surface area contributed by atoms with Crippen molar-refractivity contribution < 1.29 is 26.0 Å². The van der Waals surface area contributed by atoms with Gasteiger partial charge in [0, 0.05) is 18.8 Å². The molecule has 0 atom stereocenters. The van der Waals surface area contributed by atoms with Gasteiger partial charge in [-0.3, -0.25) is 4.79 Å². The smallest absolute Gasteiger partial charge is 0.291 e. The molecule has 1 amide bonds. The molecule has 1 N–H and O–H groups in total. The fourth-order valence-electron chi connectivity index (χ4n) is 3.27. The molecule has 0 unspecified atom stereocenters. The predicted molar refractivity (Wildman–Crippen MR) is 125 cm³/mol. The van der Waals surface area contributed by atoms with Gasteiger partial charge in [0.25, 0.3) is 5.91 Å². The molecule has 0 aliphatic rings. The number of anilines is 1. The van der Waals surface area contributed by atoms with Crippen molar-refractivity contribution in [1.29, 1.82) is 0 Å². The SMILES string of the molecule is CCN(CC)S(=O)(=O)c1ccc(C)c(NC(=O)c2ccc(CS(=O)(=O)c3ccccc3)o2)c1. The van der Waals surface area contributed by atoms with E-state index in [9.17, 15) is 21.6 Å². The van der Waals surface area contributed by atoms with Crippen molar-refractivity contribution in [2.75, 3.05) is 18.4 Å². The number of hydrogen-bond donors (Lipinski definition) is 1. The maximum Gasteiger partial charge on any atom is 0.291 e. The molecule has 1 aromatic heterocycles. The van der Waals surface area contributed by atoms with Gasteiger partial charge in [0.05, 0.1) is 9.79 Å². The van der Waals surface area contributed by atoms with Crippen molar-refractivity contribution >= 4 is 31.5 Å². The van der Waals surface area contributed by atoms with E-state index in [1.165, 1.54) is 40.7 Å². The minimum Gasteiger partial charge on any atom is -0.455 e. The summed E-state index contributed by atoms with van der Waals surface area (Å²) in [6.07, 6.45) is 0.